The van der Waals surface area contributed by atoms with E-state index < -0.39 is 5.41 Å². The molecule has 0 fully saturated rings. The van der Waals surface area contributed by atoms with Crippen molar-refractivity contribution >= 4 is 0 Å². The van der Waals surface area contributed by atoms with Crippen molar-refractivity contribution in [2.75, 3.05) is 0 Å². The molecule has 0 aliphatic heterocycles. The van der Waals surface area contributed by atoms with Gasteiger partial charge in [0.2, 0.25) is 0 Å². The average Bonchev–Trinajstić information content (AvgIpc) is 2.38. The number of nitrogens with zero attached hydrogens (tertiary/aromatic N) is 2. The van der Waals surface area contributed by atoms with Crippen LogP contribution in [0.5, 0.6) is 0 Å². The Labute approximate surface area is 114 Å². The zero-order chi connectivity index (χ0) is 14.0. The molecule has 0 spiro atoms. The number of aryl methyl sites for hydroxylation is 2. The molecule has 0 saturated heterocycles. The fourth-order valence-electron chi connectivity index (χ4n) is 2.15. The molecule has 0 saturated carbocycles. The molecule has 2 aromatic rings. The van der Waals surface area contributed by atoms with E-state index in [-0.39, 0.29) is 0 Å². The monoisotopic (exact) mass is 250 g/mol. The van der Waals surface area contributed by atoms with Crippen LogP contribution in [0.2, 0.25) is 0 Å². The molecule has 2 nitrogen and oxygen atoms in total. The molecule has 0 atom stereocenters. The number of rotatable bonds is 2. The minimum Gasteiger partial charge on any atom is -0.258 e. The van der Waals surface area contributed by atoms with Crippen LogP contribution in [0.15, 0.2) is 36.4 Å². The van der Waals surface area contributed by atoms with Crippen molar-refractivity contribution < 1.29 is 0 Å². The van der Waals surface area contributed by atoms with Crippen LogP contribution in [0.3, 0.4) is 0 Å². The summed E-state index contributed by atoms with van der Waals surface area (Å²) in [5.74, 6) is 0. The molecule has 0 N–H and O–H groups in total. The van der Waals surface area contributed by atoms with Gasteiger partial charge in [0, 0.05) is 11.4 Å². The molecule has 0 unspecified atom stereocenters. The zero-order valence-electron chi connectivity index (χ0n) is 11.9. The number of pyridine rings is 1. The lowest BCUT2D eigenvalue weighted by atomic mass is 9.85. The Hall–Kier alpha value is -2.14. The first-order valence-electron chi connectivity index (χ1n) is 6.40. The van der Waals surface area contributed by atoms with Gasteiger partial charge < -0.3 is 0 Å². The molecule has 2 heteroatoms. The Morgan fingerprint density at radius 3 is 1.95 bits per heavy atom. The van der Waals surface area contributed by atoms with Crippen molar-refractivity contribution in [3.8, 4) is 17.2 Å². The van der Waals surface area contributed by atoms with Crippen LogP contribution in [0.25, 0.3) is 11.1 Å². The van der Waals surface area contributed by atoms with Gasteiger partial charge in [0.25, 0.3) is 0 Å². The van der Waals surface area contributed by atoms with E-state index in [2.05, 4.69) is 35.3 Å². The summed E-state index contributed by atoms with van der Waals surface area (Å²) in [4.78, 5) is 4.39. The predicted molar refractivity (Wildman–Crippen MR) is 77.8 cm³/mol. The van der Waals surface area contributed by atoms with E-state index in [4.69, 9.17) is 5.26 Å². The first kappa shape index (κ1) is 13.3. The normalized spacial score (nSPS) is 11.1. The number of nitriles is 1. The van der Waals surface area contributed by atoms with E-state index in [0.29, 0.717) is 0 Å². The fraction of sp³-hybridized carbons (Fsp3) is 0.294. The van der Waals surface area contributed by atoms with Crippen LogP contribution >= 0.6 is 0 Å². The number of hydrogen-bond acceptors (Lipinski definition) is 2. The van der Waals surface area contributed by atoms with Crippen molar-refractivity contribution in [1.82, 2.24) is 4.98 Å². The molecular weight excluding hydrogens is 232 g/mol. The van der Waals surface area contributed by atoms with Crippen LogP contribution in [-0.2, 0) is 5.41 Å². The van der Waals surface area contributed by atoms with E-state index in [1.54, 1.807) is 0 Å². The molecule has 1 heterocycles. The molecule has 0 aliphatic rings. The van der Waals surface area contributed by atoms with E-state index >= 15 is 0 Å². The van der Waals surface area contributed by atoms with Gasteiger partial charge >= 0.3 is 0 Å². The highest BCUT2D eigenvalue weighted by Crippen LogP contribution is 2.26. The van der Waals surface area contributed by atoms with Gasteiger partial charge in [-0.05, 0) is 56.5 Å². The second-order valence-corrected chi connectivity index (χ2v) is 5.45. The maximum absolute atomic E-state index is 9.15. The highest BCUT2D eigenvalue weighted by Gasteiger charge is 2.19. The van der Waals surface area contributed by atoms with Crippen LogP contribution in [0.1, 0.15) is 30.8 Å². The van der Waals surface area contributed by atoms with Gasteiger partial charge in [0.05, 0.1) is 11.5 Å². The third kappa shape index (κ3) is 2.82. The molecule has 0 bridgehead atoms. The Bertz CT molecular complexity index is 611. The SMILES string of the molecule is Cc1cc(-c2ccc(C(C)(C)C#N)cc2)cc(C)n1. The fourth-order valence-corrected chi connectivity index (χ4v) is 2.15. The lowest BCUT2D eigenvalue weighted by Crippen LogP contribution is -2.13. The van der Waals surface area contributed by atoms with E-state index in [1.165, 1.54) is 5.56 Å². The number of hydrogen-bond donors (Lipinski definition) is 0. The topological polar surface area (TPSA) is 36.7 Å². The Morgan fingerprint density at radius 2 is 1.47 bits per heavy atom. The van der Waals surface area contributed by atoms with Gasteiger partial charge in [0.15, 0.2) is 0 Å². The summed E-state index contributed by atoms with van der Waals surface area (Å²) < 4.78 is 0. The molecule has 1 aromatic heterocycles. The first-order valence-corrected chi connectivity index (χ1v) is 6.40. The van der Waals surface area contributed by atoms with Crippen molar-refractivity contribution in [1.29, 1.82) is 5.26 Å². The van der Waals surface area contributed by atoms with Gasteiger partial charge in [-0.15, -0.1) is 0 Å². The second-order valence-electron chi connectivity index (χ2n) is 5.45. The highest BCUT2D eigenvalue weighted by atomic mass is 14.7. The van der Waals surface area contributed by atoms with Gasteiger partial charge in [-0.25, -0.2) is 0 Å². The Morgan fingerprint density at radius 1 is 0.947 bits per heavy atom. The van der Waals surface area contributed by atoms with E-state index in [9.17, 15) is 0 Å². The van der Waals surface area contributed by atoms with Gasteiger partial charge in [-0.1, -0.05) is 24.3 Å². The van der Waals surface area contributed by atoms with Gasteiger partial charge in [0.1, 0.15) is 0 Å². The lowest BCUT2D eigenvalue weighted by Gasteiger charge is -2.16. The van der Waals surface area contributed by atoms with Crippen molar-refractivity contribution in [3.63, 3.8) is 0 Å². The number of benzene rings is 1. The van der Waals surface area contributed by atoms with Crippen molar-refractivity contribution in [3.05, 3.63) is 53.3 Å². The summed E-state index contributed by atoms with van der Waals surface area (Å²) in [7, 11) is 0. The van der Waals surface area contributed by atoms with Crippen LogP contribution < -0.4 is 0 Å². The highest BCUT2D eigenvalue weighted by molar-refractivity contribution is 5.64. The van der Waals surface area contributed by atoms with Gasteiger partial charge in [-0.2, -0.15) is 5.26 Å². The molecule has 1 aromatic carbocycles. The average molecular weight is 250 g/mol. The van der Waals surface area contributed by atoms with Crippen LogP contribution in [0.4, 0.5) is 0 Å². The molecule has 0 amide bonds. The van der Waals surface area contributed by atoms with E-state index in [0.717, 1.165) is 22.5 Å². The minimum absolute atomic E-state index is 0.442. The molecule has 96 valence electrons. The third-order valence-corrected chi connectivity index (χ3v) is 3.30. The zero-order valence-corrected chi connectivity index (χ0v) is 11.9. The second kappa shape index (κ2) is 4.85. The Kier molecular flexibility index (Phi) is 3.40. The molecule has 19 heavy (non-hydrogen) atoms. The summed E-state index contributed by atoms with van der Waals surface area (Å²) >= 11 is 0. The quantitative estimate of drug-likeness (QED) is 0.802. The largest absolute Gasteiger partial charge is 0.258 e. The number of aromatic nitrogens is 1. The molecule has 0 aliphatic carbocycles. The summed E-state index contributed by atoms with van der Waals surface area (Å²) in [6, 6.07) is 14.7. The minimum atomic E-state index is -0.442. The molecular formula is C17H18N2. The molecule has 0 radical (unpaired) electrons. The summed E-state index contributed by atoms with van der Waals surface area (Å²) in [5.41, 5.74) is 4.98. The van der Waals surface area contributed by atoms with E-state index in [1.807, 2.05) is 39.8 Å². The van der Waals surface area contributed by atoms with Crippen LogP contribution in [0, 0.1) is 25.2 Å². The van der Waals surface area contributed by atoms with Crippen molar-refractivity contribution in [2.45, 2.75) is 33.1 Å². The standard InChI is InChI=1S/C17H18N2/c1-12-9-15(10-13(2)19-12)14-5-7-16(8-6-14)17(3,4)11-18/h5-10H,1-4H3. The van der Waals surface area contributed by atoms with Crippen molar-refractivity contribution in [2.24, 2.45) is 0 Å². The maximum atomic E-state index is 9.15. The summed E-state index contributed by atoms with van der Waals surface area (Å²) in [6.07, 6.45) is 0. The Balaban J connectivity index is 2.41. The smallest absolute Gasteiger partial charge is 0.0766 e. The maximum Gasteiger partial charge on any atom is 0.0766 e. The summed E-state index contributed by atoms with van der Waals surface area (Å²) in [5, 5.41) is 9.15. The third-order valence-electron chi connectivity index (χ3n) is 3.30. The van der Waals surface area contributed by atoms with Gasteiger partial charge in [-0.3, -0.25) is 4.98 Å². The molecule has 2 rings (SSSR count). The predicted octanol–water partition coefficient (Wildman–Crippen LogP) is 4.17. The lowest BCUT2D eigenvalue weighted by molar-refractivity contribution is 0.687. The summed E-state index contributed by atoms with van der Waals surface area (Å²) in [6.45, 7) is 7.87. The van der Waals surface area contributed by atoms with Crippen LogP contribution in [-0.4, -0.2) is 4.98 Å². The first-order chi connectivity index (χ1) is 8.92.